The van der Waals surface area contributed by atoms with Crippen molar-refractivity contribution >= 4 is 34.7 Å². The fraction of sp³-hybridized carbons (Fsp3) is 0.355. The van der Waals surface area contributed by atoms with Gasteiger partial charge in [-0.2, -0.15) is 0 Å². The molecule has 0 spiro atoms. The number of aliphatic hydroxyl groups is 1. The molecule has 1 aliphatic rings. The van der Waals surface area contributed by atoms with Crippen LogP contribution in [-0.4, -0.2) is 73.2 Å². The van der Waals surface area contributed by atoms with Crippen molar-refractivity contribution in [3.8, 4) is 0 Å². The Morgan fingerprint density at radius 3 is 2.27 bits per heavy atom. The largest absolute Gasteiger partial charge is 0.397 e. The Balaban J connectivity index is 1.40. The molecule has 0 saturated carbocycles. The van der Waals surface area contributed by atoms with Gasteiger partial charge >= 0.3 is 6.03 Å². The molecule has 0 radical (unpaired) electrons. The van der Waals surface area contributed by atoms with Gasteiger partial charge in [-0.25, -0.2) is 4.79 Å². The quantitative estimate of drug-likeness (QED) is 0.280. The topological polar surface area (TPSA) is 114 Å². The van der Waals surface area contributed by atoms with Crippen molar-refractivity contribution in [2.75, 3.05) is 61.5 Å². The number of piperidine rings is 1. The van der Waals surface area contributed by atoms with Gasteiger partial charge in [0.05, 0.1) is 17.5 Å². The highest BCUT2D eigenvalue weighted by Gasteiger charge is 2.19. The Morgan fingerprint density at radius 2 is 1.62 bits per heavy atom. The second-order valence-electron chi connectivity index (χ2n) is 10.5. The minimum absolute atomic E-state index is 0.173. The molecule has 0 bridgehead atoms. The number of urea groups is 1. The first-order chi connectivity index (χ1) is 19.3. The Bertz CT molecular complexity index is 1250. The third-order valence-electron chi connectivity index (χ3n) is 7.18. The summed E-state index contributed by atoms with van der Waals surface area (Å²) in [4.78, 5) is 32.2. The molecule has 40 heavy (non-hydrogen) atoms. The second kappa shape index (κ2) is 13.8. The lowest BCUT2D eigenvalue weighted by molar-refractivity contribution is 0.0808. The van der Waals surface area contributed by atoms with E-state index in [1.54, 1.807) is 29.2 Å². The third-order valence-corrected chi connectivity index (χ3v) is 7.18. The third kappa shape index (κ3) is 8.21. The standard InChI is InChI=1S/C31H40N6O3/c1-35(2)26-14-12-25(13-15-26)33-31(40)37(19-5-18-36-20-16-27(38)17-21-36)22-23-8-10-24(11-9-23)30(39)34-29-7-4-3-6-28(29)32/h3-4,6-15,27,38H,5,16-22,32H2,1-2H3,(H,33,40)(H,34,39). The molecular weight excluding hydrogens is 504 g/mol. The molecule has 9 nitrogen and oxygen atoms in total. The van der Waals surface area contributed by atoms with E-state index in [9.17, 15) is 14.7 Å². The van der Waals surface area contributed by atoms with Gasteiger partial charge in [-0.3, -0.25) is 4.79 Å². The molecule has 4 rings (SSSR count). The van der Waals surface area contributed by atoms with Crippen LogP contribution in [0, 0.1) is 0 Å². The maximum atomic E-state index is 13.4. The molecule has 1 heterocycles. The summed E-state index contributed by atoms with van der Waals surface area (Å²) in [5.74, 6) is -0.244. The number of para-hydroxylation sites is 2. The molecule has 3 amide bonds. The van der Waals surface area contributed by atoms with Crippen LogP contribution in [0.2, 0.25) is 0 Å². The minimum atomic E-state index is -0.244. The van der Waals surface area contributed by atoms with Crippen molar-refractivity contribution in [1.82, 2.24) is 9.80 Å². The lowest BCUT2D eigenvalue weighted by Crippen LogP contribution is -2.39. The minimum Gasteiger partial charge on any atom is -0.397 e. The van der Waals surface area contributed by atoms with Crippen molar-refractivity contribution < 1.29 is 14.7 Å². The van der Waals surface area contributed by atoms with Crippen LogP contribution < -0.4 is 21.3 Å². The number of likely N-dealkylation sites (tertiary alicyclic amines) is 1. The Kier molecular flexibility index (Phi) is 9.99. The van der Waals surface area contributed by atoms with E-state index in [0.29, 0.717) is 30.0 Å². The van der Waals surface area contributed by atoms with Crippen LogP contribution in [-0.2, 0) is 6.54 Å². The molecule has 5 N–H and O–H groups in total. The van der Waals surface area contributed by atoms with E-state index in [4.69, 9.17) is 5.73 Å². The molecule has 1 aliphatic heterocycles. The zero-order chi connectivity index (χ0) is 28.5. The van der Waals surface area contributed by atoms with Crippen molar-refractivity contribution in [2.45, 2.75) is 31.9 Å². The Labute approximate surface area is 236 Å². The molecule has 0 aliphatic carbocycles. The predicted octanol–water partition coefficient (Wildman–Crippen LogP) is 4.47. The lowest BCUT2D eigenvalue weighted by Gasteiger charge is -2.30. The molecule has 212 valence electrons. The maximum Gasteiger partial charge on any atom is 0.322 e. The van der Waals surface area contributed by atoms with Crippen LogP contribution in [0.25, 0.3) is 0 Å². The SMILES string of the molecule is CN(C)c1ccc(NC(=O)N(CCCN2CCC(O)CC2)Cc2ccc(C(=O)Nc3ccccc3N)cc2)cc1. The average Bonchev–Trinajstić information content (AvgIpc) is 2.95. The van der Waals surface area contributed by atoms with Gasteiger partial charge in [-0.05, 0) is 79.9 Å². The van der Waals surface area contributed by atoms with Gasteiger partial charge in [-0.1, -0.05) is 24.3 Å². The molecule has 1 saturated heterocycles. The number of anilines is 4. The van der Waals surface area contributed by atoms with Gasteiger partial charge in [0.1, 0.15) is 0 Å². The predicted molar refractivity (Wildman–Crippen MR) is 162 cm³/mol. The summed E-state index contributed by atoms with van der Waals surface area (Å²) in [5, 5.41) is 15.7. The number of nitrogens with zero attached hydrogens (tertiary/aromatic N) is 3. The van der Waals surface area contributed by atoms with Crippen molar-refractivity contribution in [3.63, 3.8) is 0 Å². The number of benzene rings is 3. The Hall–Kier alpha value is -4.08. The van der Waals surface area contributed by atoms with E-state index in [1.807, 2.05) is 67.5 Å². The molecule has 0 atom stereocenters. The smallest absolute Gasteiger partial charge is 0.322 e. The van der Waals surface area contributed by atoms with Gasteiger partial charge in [-0.15, -0.1) is 0 Å². The first-order valence-corrected chi connectivity index (χ1v) is 13.8. The number of hydrogen-bond donors (Lipinski definition) is 4. The highest BCUT2D eigenvalue weighted by molar-refractivity contribution is 6.05. The summed E-state index contributed by atoms with van der Waals surface area (Å²) in [6.07, 6.45) is 2.21. The van der Waals surface area contributed by atoms with E-state index < -0.39 is 0 Å². The van der Waals surface area contributed by atoms with Gasteiger partial charge in [0.2, 0.25) is 0 Å². The van der Waals surface area contributed by atoms with Crippen molar-refractivity contribution in [1.29, 1.82) is 0 Å². The fourth-order valence-electron chi connectivity index (χ4n) is 4.71. The first-order valence-electron chi connectivity index (χ1n) is 13.8. The first kappa shape index (κ1) is 28.9. The van der Waals surface area contributed by atoms with Gasteiger partial charge in [0, 0.05) is 57.2 Å². The average molecular weight is 545 g/mol. The van der Waals surface area contributed by atoms with Crippen LogP contribution in [0.4, 0.5) is 27.5 Å². The zero-order valence-electron chi connectivity index (χ0n) is 23.3. The summed E-state index contributed by atoms with van der Waals surface area (Å²) in [5.41, 5.74) is 10.3. The van der Waals surface area contributed by atoms with Crippen LogP contribution in [0.5, 0.6) is 0 Å². The van der Waals surface area contributed by atoms with Gasteiger partial charge in [0.15, 0.2) is 0 Å². The number of hydrogen-bond acceptors (Lipinski definition) is 6. The fourth-order valence-corrected chi connectivity index (χ4v) is 4.71. The molecule has 0 aromatic heterocycles. The molecule has 1 fully saturated rings. The monoisotopic (exact) mass is 544 g/mol. The number of nitrogens with two attached hydrogens (primary N) is 1. The lowest BCUT2D eigenvalue weighted by atomic mass is 10.1. The molecule has 3 aromatic rings. The Morgan fingerprint density at radius 1 is 0.950 bits per heavy atom. The van der Waals surface area contributed by atoms with E-state index in [1.165, 1.54) is 0 Å². The van der Waals surface area contributed by atoms with Crippen molar-refractivity contribution in [3.05, 3.63) is 83.9 Å². The van der Waals surface area contributed by atoms with Gasteiger partial charge in [0.25, 0.3) is 5.91 Å². The molecule has 9 heteroatoms. The molecular formula is C31H40N6O3. The number of rotatable bonds is 10. The second-order valence-corrected chi connectivity index (χ2v) is 10.5. The highest BCUT2D eigenvalue weighted by Crippen LogP contribution is 2.20. The zero-order valence-corrected chi connectivity index (χ0v) is 23.3. The van der Waals surface area contributed by atoms with E-state index in [2.05, 4.69) is 15.5 Å². The van der Waals surface area contributed by atoms with Crippen molar-refractivity contribution in [2.24, 2.45) is 0 Å². The normalized spacial score (nSPS) is 14.0. The number of carbonyl (C=O) groups is 2. The van der Waals surface area contributed by atoms with Crippen LogP contribution in [0.15, 0.2) is 72.8 Å². The van der Waals surface area contributed by atoms with E-state index in [0.717, 1.165) is 55.8 Å². The number of amides is 3. The van der Waals surface area contributed by atoms with Crippen LogP contribution >= 0.6 is 0 Å². The van der Waals surface area contributed by atoms with E-state index in [-0.39, 0.29) is 18.0 Å². The summed E-state index contributed by atoms with van der Waals surface area (Å²) >= 11 is 0. The van der Waals surface area contributed by atoms with E-state index >= 15 is 0 Å². The number of nitrogen functional groups attached to an aromatic ring is 1. The number of carbonyl (C=O) groups excluding carboxylic acids is 2. The maximum absolute atomic E-state index is 13.4. The molecule has 3 aromatic carbocycles. The summed E-state index contributed by atoms with van der Waals surface area (Å²) in [7, 11) is 3.95. The van der Waals surface area contributed by atoms with Gasteiger partial charge < -0.3 is 36.2 Å². The highest BCUT2D eigenvalue weighted by atomic mass is 16.3. The summed E-state index contributed by atoms with van der Waals surface area (Å²) in [6, 6.07) is 22.0. The summed E-state index contributed by atoms with van der Waals surface area (Å²) in [6.45, 7) is 3.62. The number of nitrogens with one attached hydrogen (secondary N) is 2. The number of aliphatic hydroxyl groups excluding tert-OH is 1. The summed E-state index contributed by atoms with van der Waals surface area (Å²) < 4.78 is 0. The van der Waals surface area contributed by atoms with Crippen LogP contribution in [0.3, 0.4) is 0 Å². The van der Waals surface area contributed by atoms with Crippen LogP contribution in [0.1, 0.15) is 35.2 Å². The molecule has 0 unspecified atom stereocenters.